The zero-order valence-corrected chi connectivity index (χ0v) is 13.8. The Hall–Kier alpha value is -2.15. The van der Waals surface area contributed by atoms with Crippen molar-refractivity contribution in [1.82, 2.24) is 20.5 Å². The van der Waals surface area contributed by atoms with Crippen molar-refractivity contribution in [1.29, 1.82) is 0 Å². The van der Waals surface area contributed by atoms with Crippen molar-refractivity contribution in [2.45, 2.75) is 25.5 Å². The summed E-state index contributed by atoms with van der Waals surface area (Å²) in [6, 6.07) is 5.73. The molecular weight excluding hydrogens is 294 g/mol. The van der Waals surface area contributed by atoms with Gasteiger partial charge in [-0.25, -0.2) is 4.99 Å². The Kier molecular flexibility index (Phi) is 6.80. The number of guanidine groups is 1. The van der Waals surface area contributed by atoms with Gasteiger partial charge in [-0.3, -0.25) is 9.78 Å². The Morgan fingerprint density at radius 1 is 1.43 bits per heavy atom. The summed E-state index contributed by atoms with van der Waals surface area (Å²) < 4.78 is 5.60. The van der Waals surface area contributed by atoms with Crippen LogP contribution in [0.25, 0.3) is 0 Å². The van der Waals surface area contributed by atoms with E-state index in [0.717, 1.165) is 25.1 Å². The van der Waals surface area contributed by atoms with Crippen LogP contribution < -0.4 is 10.6 Å². The van der Waals surface area contributed by atoms with Crippen LogP contribution in [-0.4, -0.2) is 61.6 Å². The maximum Gasteiger partial charge on any atom is 0.241 e. The molecule has 1 aromatic rings. The van der Waals surface area contributed by atoms with Gasteiger partial charge >= 0.3 is 0 Å². The van der Waals surface area contributed by atoms with Crippen LogP contribution in [0.2, 0.25) is 0 Å². The average molecular weight is 319 g/mol. The maximum absolute atomic E-state index is 11.7. The van der Waals surface area contributed by atoms with Crippen molar-refractivity contribution >= 4 is 11.9 Å². The Labute approximate surface area is 137 Å². The van der Waals surface area contributed by atoms with Gasteiger partial charge in [-0.15, -0.1) is 0 Å². The number of hydrogen-bond acceptors (Lipinski definition) is 4. The number of ether oxygens (including phenoxy) is 1. The minimum Gasteiger partial charge on any atom is -0.376 e. The summed E-state index contributed by atoms with van der Waals surface area (Å²) >= 11 is 0. The predicted octanol–water partition coefficient (Wildman–Crippen LogP) is 0.384. The van der Waals surface area contributed by atoms with Gasteiger partial charge in [0, 0.05) is 33.4 Å². The van der Waals surface area contributed by atoms with Crippen molar-refractivity contribution in [3.05, 3.63) is 30.1 Å². The van der Waals surface area contributed by atoms with Crippen LogP contribution in [0.5, 0.6) is 0 Å². The second kappa shape index (κ2) is 9.09. The van der Waals surface area contributed by atoms with E-state index < -0.39 is 0 Å². The van der Waals surface area contributed by atoms with Crippen LogP contribution in [0.3, 0.4) is 0 Å². The Bertz CT molecular complexity index is 512. The van der Waals surface area contributed by atoms with Crippen LogP contribution in [0.1, 0.15) is 18.5 Å². The highest BCUT2D eigenvalue weighted by molar-refractivity contribution is 5.86. The van der Waals surface area contributed by atoms with E-state index in [0.29, 0.717) is 19.0 Å². The van der Waals surface area contributed by atoms with Crippen LogP contribution in [0.15, 0.2) is 29.4 Å². The van der Waals surface area contributed by atoms with E-state index in [4.69, 9.17) is 4.74 Å². The monoisotopic (exact) mass is 319 g/mol. The van der Waals surface area contributed by atoms with E-state index in [2.05, 4.69) is 20.6 Å². The fourth-order valence-electron chi connectivity index (χ4n) is 2.16. The molecule has 1 aromatic heterocycles. The average Bonchev–Trinajstić information content (AvgIpc) is 3.08. The highest BCUT2D eigenvalue weighted by Crippen LogP contribution is 2.10. The van der Waals surface area contributed by atoms with E-state index in [1.54, 1.807) is 25.2 Å². The summed E-state index contributed by atoms with van der Waals surface area (Å²) in [5.41, 5.74) is 0.879. The van der Waals surface area contributed by atoms with E-state index in [9.17, 15) is 4.79 Å². The molecule has 2 N–H and O–H groups in total. The fourth-order valence-corrected chi connectivity index (χ4v) is 2.16. The van der Waals surface area contributed by atoms with E-state index in [1.165, 1.54) is 0 Å². The highest BCUT2D eigenvalue weighted by Gasteiger charge is 2.16. The number of aliphatic imine (C=N–C) groups is 1. The zero-order chi connectivity index (χ0) is 16.5. The number of nitrogens with one attached hydrogen (secondary N) is 2. The Balaban J connectivity index is 1.90. The molecule has 1 amide bonds. The smallest absolute Gasteiger partial charge is 0.241 e. The minimum absolute atomic E-state index is 0.00514. The van der Waals surface area contributed by atoms with E-state index in [-0.39, 0.29) is 18.6 Å². The Morgan fingerprint density at radius 2 is 2.30 bits per heavy atom. The van der Waals surface area contributed by atoms with E-state index >= 15 is 0 Å². The molecule has 1 fully saturated rings. The molecule has 7 heteroatoms. The van der Waals surface area contributed by atoms with Crippen LogP contribution in [-0.2, 0) is 16.1 Å². The number of hydrogen-bond donors (Lipinski definition) is 2. The van der Waals surface area contributed by atoms with Crippen molar-refractivity contribution in [2.75, 3.05) is 33.8 Å². The molecular formula is C16H25N5O2. The quantitative estimate of drug-likeness (QED) is 0.585. The predicted molar refractivity (Wildman–Crippen MR) is 89.0 cm³/mol. The molecule has 0 bridgehead atoms. The minimum atomic E-state index is -0.00514. The van der Waals surface area contributed by atoms with Gasteiger partial charge in [0.05, 0.1) is 24.9 Å². The first-order valence-electron chi connectivity index (χ1n) is 7.89. The molecule has 0 aromatic carbocycles. The lowest BCUT2D eigenvalue weighted by Gasteiger charge is -2.17. The van der Waals surface area contributed by atoms with Gasteiger partial charge in [0.15, 0.2) is 5.96 Å². The van der Waals surface area contributed by atoms with Crippen LogP contribution in [0.4, 0.5) is 0 Å². The van der Waals surface area contributed by atoms with Gasteiger partial charge in [-0.2, -0.15) is 0 Å². The van der Waals surface area contributed by atoms with Crippen molar-refractivity contribution < 1.29 is 9.53 Å². The third-order valence-electron chi connectivity index (χ3n) is 3.55. The molecule has 1 aliphatic rings. The standard InChI is InChI=1S/C16H25N5O2/c1-21(2)15(22)12-20-16(19-11-14-7-5-9-23-14)18-10-13-6-3-4-8-17-13/h3-4,6,8,14H,5,7,9-12H2,1-2H3,(H2,18,19,20). The number of nitrogens with zero attached hydrogens (tertiary/aromatic N) is 3. The first-order chi connectivity index (χ1) is 11.1. The second-order valence-electron chi connectivity index (χ2n) is 5.64. The lowest BCUT2D eigenvalue weighted by atomic mass is 10.2. The van der Waals surface area contributed by atoms with Gasteiger partial charge in [-0.05, 0) is 25.0 Å². The summed E-state index contributed by atoms with van der Waals surface area (Å²) in [7, 11) is 3.46. The first-order valence-corrected chi connectivity index (χ1v) is 7.89. The summed E-state index contributed by atoms with van der Waals surface area (Å²) in [6.45, 7) is 2.16. The lowest BCUT2D eigenvalue weighted by molar-refractivity contribution is -0.127. The van der Waals surface area contributed by atoms with E-state index in [1.807, 2.05) is 18.2 Å². The molecule has 2 heterocycles. The summed E-state index contributed by atoms with van der Waals surface area (Å²) in [4.78, 5) is 22.0. The van der Waals surface area contributed by atoms with Crippen molar-refractivity contribution in [3.8, 4) is 0 Å². The lowest BCUT2D eigenvalue weighted by Crippen LogP contribution is -2.45. The molecule has 1 unspecified atom stereocenters. The molecule has 23 heavy (non-hydrogen) atoms. The highest BCUT2D eigenvalue weighted by atomic mass is 16.5. The zero-order valence-electron chi connectivity index (χ0n) is 13.8. The van der Waals surface area contributed by atoms with Crippen LogP contribution in [0, 0.1) is 0 Å². The molecule has 0 spiro atoms. The van der Waals surface area contributed by atoms with Gasteiger partial charge < -0.3 is 20.3 Å². The summed E-state index contributed by atoms with van der Waals surface area (Å²) in [5.74, 6) is 0.593. The van der Waals surface area contributed by atoms with Gasteiger partial charge in [0.1, 0.15) is 0 Å². The van der Waals surface area contributed by atoms with Gasteiger partial charge in [-0.1, -0.05) is 6.07 Å². The summed E-state index contributed by atoms with van der Waals surface area (Å²) in [5, 5.41) is 6.30. The normalized spacial score (nSPS) is 17.8. The van der Waals surface area contributed by atoms with Crippen LogP contribution >= 0.6 is 0 Å². The number of amides is 1. The summed E-state index contributed by atoms with van der Waals surface area (Å²) in [6.07, 6.45) is 4.10. The fraction of sp³-hybridized carbons (Fsp3) is 0.562. The number of pyridine rings is 1. The largest absolute Gasteiger partial charge is 0.376 e. The molecule has 0 aliphatic carbocycles. The van der Waals surface area contributed by atoms with Gasteiger partial charge in [0.25, 0.3) is 0 Å². The third-order valence-corrected chi connectivity index (χ3v) is 3.55. The maximum atomic E-state index is 11.7. The molecule has 0 saturated carbocycles. The first kappa shape index (κ1) is 17.2. The second-order valence-corrected chi connectivity index (χ2v) is 5.64. The molecule has 126 valence electrons. The number of rotatable bonds is 6. The molecule has 1 atom stereocenters. The SMILES string of the molecule is CN(C)C(=O)CNC(=NCc1ccccn1)NCC1CCCO1. The number of carbonyl (C=O) groups excluding carboxylic acids is 1. The number of likely N-dealkylation sites (N-methyl/N-ethyl adjacent to an activating group) is 1. The topological polar surface area (TPSA) is 78.9 Å². The number of aromatic nitrogens is 1. The molecule has 2 rings (SSSR count). The molecule has 1 saturated heterocycles. The molecule has 0 radical (unpaired) electrons. The molecule has 7 nitrogen and oxygen atoms in total. The molecule has 1 aliphatic heterocycles. The number of carbonyl (C=O) groups is 1. The van der Waals surface area contributed by atoms with Crippen molar-refractivity contribution in [2.24, 2.45) is 4.99 Å². The van der Waals surface area contributed by atoms with Crippen molar-refractivity contribution in [3.63, 3.8) is 0 Å². The van der Waals surface area contributed by atoms with Gasteiger partial charge in [0.2, 0.25) is 5.91 Å². The Morgan fingerprint density at radius 3 is 2.96 bits per heavy atom. The third kappa shape index (κ3) is 6.23.